The van der Waals surface area contributed by atoms with Crippen LogP contribution in [0.4, 0.5) is 0 Å². The van der Waals surface area contributed by atoms with E-state index in [1.54, 1.807) is 11.8 Å². The van der Waals surface area contributed by atoms with Crippen molar-refractivity contribution in [3.05, 3.63) is 53.6 Å². The lowest BCUT2D eigenvalue weighted by Gasteiger charge is -2.26. The van der Waals surface area contributed by atoms with Crippen LogP contribution in [-0.2, 0) is 14.3 Å². The molecular weight excluding hydrogens is 390 g/mol. The van der Waals surface area contributed by atoms with Gasteiger partial charge in [0.05, 0.1) is 13.0 Å². The van der Waals surface area contributed by atoms with Crippen molar-refractivity contribution in [3.8, 4) is 11.5 Å². The largest absolute Gasteiger partial charge is 0.486 e. The van der Waals surface area contributed by atoms with E-state index in [0.717, 1.165) is 4.90 Å². The molecule has 0 aromatic heterocycles. The minimum absolute atomic E-state index is 0.251. The molecule has 154 valence electrons. The minimum atomic E-state index is -0.386. The van der Waals surface area contributed by atoms with Gasteiger partial charge in [-0.15, -0.1) is 11.8 Å². The van der Waals surface area contributed by atoms with E-state index in [2.05, 4.69) is 31.3 Å². The molecule has 7 heteroatoms. The highest BCUT2D eigenvalue weighted by Gasteiger charge is 2.21. The highest BCUT2D eigenvalue weighted by Crippen LogP contribution is 2.30. The number of para-hydroxylation sites is 2. The Morgan fingerprint density at radius 3 is 2.72 bits per heavy atom. The van der Waals surface area contributed by atoms with E-state index in [1.165, 1.54) is 11.1 Å². The third-order valence-corrected chi connectivity index (χ3v) is 5.51. The summed E-state index contributed by atoms with van der Waals surface area (Å²) in [5.74, 6) is 1.22. The van der Waals surface area contributed by atoms with Gasteiger partial charge in [0, 0.05) is 10.6 Å². The third kappa shape index (κ3) is 6.42. The van der Waals surface area contributed by atoms with E-state index in [9.17, 15) is 9.59 Å². The van der Waals surface area contributed by atoms with Crippen molar-refractivity contribution in [1.29, 1.82) is 0 Å². The van der Waals surface area contributed by atoms with Crippen molar-refractivity contribution in [1.82, 2.24) is 5.32 Å². The summed E-state index contributed by atoms with van der Waals surface area (Å²) >= 11 is 1.60. The van der Waals surface area contributed by atoms with E-state index in [-0.39, 0.29) is 37.6 Å². The Morgan fingerprint density at radius 2 is 1.93 bits per heavy atom. The van der Waals surface area contributed by atoms with Crippen LogP contribution in [-0.4, -0.2) is 43.5 Å². The average Bonchev–Trinajstić information content (AvgIpc) is 2.73. The lowest BCUT2D eigenvalue weighted by Crippen LogP contribution is -2.42. The third-order valence-electron chi connectivity index (χ3n) is 4.51. The number of hydrogen-bond donors (Lipinski definition) is 1. The van der Waals surface area contributed by atoms with Crippen LogP contribution in [0.2, 0.25) is 0 Å². The van der Waals surface area contributed by atoms with Crippen molar-refractivity contribution >= 4 is 23.6 Å². The number of hydrogen-bond acceptors (Lipinski definition) is 6. The Morgan fingerprint density at radius 1 is 1.14 bits per heavy atom. The van der Waals surface area contributed by atoms with E-state index in [0.29, 0.717) is 23.9 Å². The van der Waals surface area contributed by atoms with Crippen molar-refractivity contribution in [2.45, 2.75) is 31.3 Å². The molecule has 3 rings (SSSR count). The summed E-state index contributed by atoms with van der Waals surface area (Å²) in [6.07, 6.45) is -0.0276. The fourth-order valence-electron chi connectivity index (χ4n) is 2.72. The van der Waals surface area contributed by atoms with E-state index in [4.69, 9.17) is 14.2 Å². The zero-order chi connectivity index (χ0) is 20.6. The second-order valence-electron chi connectivity index (χ2n) is 6.81. The molecule has 1 N–H and O–H groups in total. The number of fused-ring (bicyclic) bond motifs is 1. The van der Waals surface area contributed by atoms with Gasteiger partial charge in [-0.2, -0.15) is 0 Å². The summed E-state index contributed by atoms with van der Waals surface area (Å²) in [7, 11) is 0. The number of rotatable bonds is 8. The molecule has 1 aliphatic heterocycles. The Balaban J connectivity index is 1.30. The molecule has 2 aromatic carbocycles. The summed E-state index contributed by atoms with van der Waals surface area (Å²) in [6, 6.07) is 13.6. The first-order chi connectivity index (χ1) is 14.0. The number of amides is 1. The molecule has 1 unspecified atom stereocenters. The van der Waals surface area contributed by atoms with Crippen LogP contribution in [0.5, 0.6) is 11.5 Å². The highest BCUT2D eigenvalue weighted by molar-refractivity contribution is 7.99. The molecular formula is C22H25NO5S. The van der Waals surface area contributed by atoms with Crippen molar-refractivity contribution in [2.24, 2.45) is 0 Å². The molecule has 6 nitrogen and oxygen atoms in total. The molecule has 1 aliphatic rings. The number of esters is 1. The van der Waals surface area contributed by atoms with Crippen molar-refractivity contribution < 1.29 is 23.8 Å². The van der Waals surface area contributed by atoms with E-state index in [1.807, 2.05) is 30.3 Å². The molecule has 0 bridgehead atoms. The second-order valence-corrected chi connectivity index (χ2v) is 7.98. The maximum atomic E-state index is 11.9. The summed E-state index contributed by atoms with van der Waals surface area (Å²) < 4.78 is 16.4. The zero-order valence-corrected chi connectivity index (χ0v) is 17.4. The maximum Gasteiger partial charge on any atom is 0.307 e. The number of benzene rings is 2. The molecule has 1 amide bonds. The normalized spacial score (nSPS) is 14.9. The van der Waals surface area contributed by atoms with Gasteiger partial charge < -0.3 is 19.5 Å². The quantitative estimate of drug-likeness (QED) is 0.527. The smallest absolute Gasteiger partial charge is 0.307 e. The summed E-state index contributed by atoms with van der Waals surface area (Å²) in [4.78, 5) is 24.9. The lowest BCUT2D eigenvalue weighted by molar-refractivity contribution is -0.148. The van der Waals surface area contributed by atoms with Crippen LogP contribution < -0.4 is 14.8 Å². The molecule has 0 saturated carbocycles. The number of carbonyl (C=O) groups excluding carboxylic acids is 2. The Hall–Kier alpha value is -2.67. The second kappa shape index (κ2) is 10.2. The first-order valence-corrected chi connectivity index (χ1v) is 10.5. The molecule has 1 atom stereocenters. The van der Waals surface area contributed by atoms with Crippen LogP contribution in [0, 0.1) is 13.8 Å². The van der Waals surface area contributed by atoms with Gasteiger partial charge in [-0.1, -0.05) is 18.2 Å². The van der Waals surface area contributed by atoms with Crippen LogP contribution >= 0.6 is 11.8 Å². The van der Waals surface area contributed by atoms with Crippen molar-refractivity contribution in [3.63, 3.8) is 0 Å². The summed E-state index contributed by atoms with van der Waals surface area (Å²) in [5, 5.41) is 2.71. The lowest BCUT2D eigenvalue weighted by atomic mass is 10.1. The Kier molecular flexibility index (Phi) is 7.41. The zero-order valence-electron chi connectivity index (χ0n) is 16.6. The fourth-order valence-corrected chi connectivity index (χ4v) is 3.65. The predicted octanol–water partition coefficient (Wildman–Crippen LogP) is 3.29. The van der Waals surface area contributed by atoms with Gasteiger partial charge in [-0.25, -0.2) is 0 Å². The average molecular weight is 416 g/mol. The topological polar surface area (TPSA) is 73.9 Å². The molecule has 0 fully saturated rings. The Bertz CT molecular complexity index is 870. The van der Waals surface area contributed by atoms with Gasteiger partial charge in [0.15, 0.2) is 18.1 Å². The summed E-state index contributed by atoms with van der Waals surface area (Å²) in [5.41, 5.74) is 2.47. The number of ether oxygens (including phenoxy) is 3. The van der Waals surface area contributed by atoms with Gasteiger partial charge in [0.1, 0.15) is 12.7 Å². The van der Waals surface area contributed by atoms with E-state index >= 15 is 0 Å². The van der Waals surface area contributed by atoms with Gasteiger partial charge >= 0.3 is 5.97 Å². The predicted molar refractivity (Wildman–Crippen MR) is 112 cm³/mol. The van der Waals surface area contributed by atoms with Gasteiger partial charge in [-0.3, -0.25) is 9.59 Å². The molecule has 0 aliphatic carbocycles. The van der Waals surface area contributed by atoms with Gasteiger partial charge in [0.2, 0.25) is 0 Å². The number of carbonyl (C=O) groups is 2. The maximum absolute atomic E-state index is 11.9. The number of nitrogens with one attached hydrogen (secondary N) is 1. The van der Waals surface area contributed by atoms with Crippen LogP contribution in [0.15, 0.2) is 47.4 Å². The molecule has 0 radical (unpaired) electrons. The SMILES string of the molecule is Cc1ccc(SCCC(=O)OCC(=O)NCC2COc3ccccc3O2)cc1C. The minimum Gasteiger partial charge on any atom is -0.486 e. The fraction of sp³-hybridized carbons (Fsp3) is 0.364. The van der Waals surface area contributed by atoms with Crippen molar-refractivity contribution in [2.75, 3.05) is 25.5 Å². The van der Waals surface area contributed by atoms with Gasteiger partial charge in [-0.05, 0) is 49.2 Å². The Labute approximate surface area is 174 Å². The summed E-state index contributed by atoms with van der Waals surface area (Å²) in [6.45, 7) is 4.48. The van der Waals surface area contributed by atoms with Crippen LogP contribution in [0.3, 0.4) is 0 Å². The molecule has 0 saturated heterocycles. The number of thioether (sulfide) groups is 1. The standard InChI is InChI=1S/C22H25NO5S/c1-15-7-8-18(11-16(15)2)29-10-9-22(25)27-14-21(24)23-12-17-13-26-19-5-3-4-6-20(19)28-17/h3-8,11,17H,9-10,12-14H2,1-2H3,(H,23,24). The molecule has 29 heavy (non-hydrogen) atoms. The van der Waals surface area contributed by atoms with Gasteiger partial charge in [0.25, 0.3) is 5.91 Å². The van der Waals surface area contributed by atoms with Crippen LogP contribution in [0.25, 0.3) is 0 Å². The van der Waals surface area contributed by atoms with E-state index < -0.39 is 0 Å². The highest BCUT2D eigenvalue weighted by atomic mass is 32.2. The first-order valence-electron chi connectivity index (χ1n) is 9.52. The first kappa shape index (κ1) is 21.0. The monoisotopic (exact) mass is 415 g/mol. The molecule has 0 spiro atoms. The molecule has 2 aromatic rings. The molecule has 1 heterocycles. The number of aryl methyl sites for hydroxylation is 2. The van der Waals surface area contributed by atoms with Crippen LogP contribution in [0.1, 0.15) is 17.5 Å².